The quantitative estimate of drug-likeness (QED) is 0.890. The van der Waals surface area contributed by atoms with E-state index in [0.29, 0.717) is 5.02 Å². The maximum absolute atomic E-state index is 5.93. The van der Waals surface area contributed by atoms with Gasteiger partial charge in [0.2, 0.25) is 0 Å². The molecule has 0 saturated heterocycles. The minimum atomic E-state index is -0.0906. The van der Waals surface area contributed by atoms with Crippen LogP contribution in [0, 0.1) is 0 Å². The fourth-order valence-corrected chi connectivity index (χ4v) is 2.41. The Morgan fingerprint density at radius 2 is 2.10 bits per heavy atom. The van der Waals surface area contributed by atoms with Gasteiger partial charge in [0.1, 0.15) is 5.69 Å². The van der Waals surface area contributed by atoms with Crippen molar-refractivity contribution in [2.45, 2.75) is 32.9 Å². The summed E-state index contributed by atoms with van der Waals surface area (Å²) >= 11 is 5.93. The normalized spacial score (nSPS) is 12.7. The number of methoxy groups -OCH3 is 1. The van der Waals surface area contributed by atoms with E-state index in [1.165, 1.54) is 0 Å². The SMILES string of the molecule is CCNC(c1ccc(Cl)cn1)c1c(OC)cnn1C(C)C. The molecule has 0 saturated carbocycles. The van der Waals surface area contributed by atoms with E-state index in [0.717, 1.165) is 23.7 Å². The molecule has 1 unspecified atom stereocenters. The first-order valence-electron chi connectivity index (χ1n) is 7.04. The summed E-state index contributed by atoms with van der Waals surface area (Å²) in [4.78, 5) is 4.44. The summed E-state index contributed by atoms with van der Waals surface area (Å²) < 4.78 is 7.43. The predicted molar refractivity (Wildman–Crippen MR) is 83.9 cm³/mol. The minimum absolute atomic E-state index is 0.0906. The molecule has 0 aromatic carbocycles. The lowest BCUT2D eigenvalue weighted by Gasteiger charge is -2.21. The lowest BCUT2D eigenvalue weighted by Crippen LogP contribution is -2.26. The van der Waals surface area contributed by atoms with Crippen molar-refractivity contribution in [2.24, 2.45) is 0 Å². The zero-order valence-electron chi connectivity index (χ0n) is 12.8. The van der Waals surface area contributed by atoms with E-state index < -0.39 is 0 Å². The summed E-state index contributed by atoms with van der Waals surface area (Å²) in [5.41, 5.74) is 1.87. The van der Waals surface area contributed by atoms with Crippen LogP contribution in [0.2, 0.25) is 5.02 Å². The van der Waals surface area contributed by atoms with Crippen LogP contribution in [0.15, 0.2) is 24.5 Å². The first kappa shape index (κ1) is 15.8. The van der Waals surface area contributed by atoms with Crippen molar-refractivity contribution in [2.75, 3.05) is 13.7 Å². The highest BCUT2D eigenvalue weighted by molar-refractivity contribution is 6.30. The minimum Gasteiger partial charge on any atom is -0.493 e. The molecule has 0 fully saturated rings. The average Bonchev–Trinajstić information content (AvgIpc) is 2.89. The van der Waals surface area contributed by atoms with Gasteiger partial charge in [0, 0.05) is 12.2 Å². The second-order valence-corrected chi connectivity index (χ2v) is 5.46. The smallest absolute Gasteiger partial charge is 0.162 e. The van der Waals surface area contributed by atoms with Gasteiger partial charge in [0.25, 0.3) is 0 Å². The fraction of sp³-hybridized carbons (Fsp3) is 0.467. The van der Waals surface area contributed by atoms with Gasteiger partial charge < -0.3 is 10.1 Å². The second-order valence-electron chi connectivity index (χ2n) is 5.03. The first-order valence-corrected chi connectivity index (χ1v) is 7.42. The van der Waals surface area contributed by atoms with Gasteiger partial charge in [-0.15, -0.1) is 0 Å². The van der Waals surface area contributed by atoms with Crippen LogP contribution >= 0.6 is 11.6 Å². The fourth-order valence-electron chi connectivity index (χ4n) is 2.30. The molecule has 0 bridgehead atoms. The van der Waals surface area contributed by atoms with Crippen LogP contribution in [-0.4, -0.2) is 28.4 Å². The molecule has 0 aliphatic rings. The van der Waals surface area contributed by atoms with Crippen molar-refractivity contribution in [1.82, 2.24) is 20.1 Å². The van der Waals surface area contributed by atoms with Crippen molar-refractivity contribution in [3.63, 3.8) is 0 Å². The maximum atomic E-state index is 5.93. The van der Waals surface area contributed by atoms with Gasteiger partial charge in [0.15, 0.2) is 5.75 Å². The van der Waals surface area contributed by atoms with Crippen LogP contribution in [0.3, 0.4) is 0 Å². The molecule has 114 valence electrons. The third kappa shape index (κ3) is 3.36. The van der Waals surface area contributed by atoms with Crippen LogP contribution in [0.25, 0.3) is 0 Å². The Kier molecular flexibility index (Phi) is 5.20. The van der Waals surface area contributed by atoms with Crippen LogP contribution < -0.4 is 10.1 Å². The van der Waals surface area contributed by atoms with E-state index in [4.69, 9.17) is 16.3 Å². The van der Waals surface area contributed by atoms with Crippen molar-refractivity contribution >= 4 is 11.6 Å². The van der Waals surface area contributed by atoms with Gasteiger partial charge in [-0.3, -0.25) is 9.67 Å². The predicted octanol–water partition coefficient (Wildman–Crippen LogP) is 3.22. The Morgan fingerprint density at radius 3 is 2.62 bits per heavy atom. The van der Waals surface area contributed by atoms with Gasteiger partial charge in [-0.1, -0.05) is 18.5 Å². The van der Waals surface area contributed by atoms with Crippen LogP contribution in [0.4, 0.5) is 0 Å². The standard InChI is InChI=1S/C15H21ClN4O/c1-5-17-14(12-7-6-11(16)8-18-12)15-13(21-4)9-19-20(15)10(2)3/h6-10,14,17H,5H2,1-4H3. The molecule has 2 rings (SSSR count). The van der Waals surface area contributed by atoms with Gasteiger partial charge in [-0.2, -0.15) is 5.10 Å². The van der Waals surface area contributed by atoms with Gasteiger partial charge >= 0.3 is 0 Å². The highest BCUT2D eigenvalue weighted by Gasteiger charge is 2.25. The van der Waals surface area contributed by atoms with Crippen molar-refractivity contribution < 1.29 is 4.74 Å². The molecule has 2 aromatic rings. The molecule has 5 nitrogen and oxygen atoms in total. The number of aromatic nitrogens is 3. The zero-order chi connectivity index (χ0) is 15.4. The molecule has 1 N–H and O–H groups in total. The molecule has 0 spiro atoms. The molecule has 1 atom stereocenters. The lowest BCUT2D eigenvalue weighted by molar-refractivity contribution is 0.393. The monoisotopic (exact) mass is 308 g/mol. The largest absolute Gasteiger partial charge is 0.493 e. The summed E-state index contributed by atoms with van der Waals surface area (Å²) in [7, 11) is 1.66. The molecule has 21 heavy (non-hydrogen) atoms. The Morgan fingerprint density at radius 1 is 1.33 bits per heavy atom. The van der Waals surface area contributed by atoms with Crippen molar-refractivity contribution in [3.05, 3.63) is 40.9 Å². The van der Waals surface area contributed by atoms with E-state index in [-0.39, 0.29) is 12.1 Å². The Bertz CT molecular complexity index is 580. The van der Waals surface area contributed by atoms with Crippen LogP contribution in [0.5, 0.6) is 5.75 Å². The number of nitrogens with one attached hydrogen (secondary N) is 1. The van der Waals surface area contributed by atoms with Gasteiger partial charge in [-0.05, 0) is 32.5 Å². The molecular formula is C15H21ClN4O. The summed E-state index contributed by atoms with van der Waals surface area (Å²) in [6.07, 6.45) is 3.40. The molecule has 0 aliphatic carbocycles. The first-order chi connectivity index (χ1) is 10.1. The summed E-state index contributed by atoms with van der Waals surface area (Å²) in [5, 5.41) is 8.50. The zero-order valence-corrected chi connectivity index (χ0v) is 13.6. The van der Waals surface area contributed by atoms with Gasteiger partial charge in [-0.25, -0.2) is 0 Å². The van der Waals surface area contributed by atoms with Gasteiger partial charge in [0.05, 0.1) is 30.1 Å². The van der Waals surface area contributed by atoms with Crippen molar-refractivity contribution in [1.29, 1.82) is 0 Å². The molecule has 0 aliphatic heterocycles. The third-order valence-electron chi connectivity index (χ3n) is 3.24. The topological polar surface area (TPSA) is 52.0 Å². The summed E-state index contributed by atoms with van der Waals surface area (Å²) in [5.74, 6) is 0.756. The summed E-state index contributed by atoms with van der Waals surface area (Å²) in [6, 6.07) is 3.91. The summed E-state index contributed by atoms with van der Waals surface area (Å²) in [6.45, 7) is 7.05. The maximum Gasteiger partial charge on any atom is 0.162 e. The van der Waals surface area contributed by atoms with E-state index in [1.807, 2.05) is 16.8 Å². The number of pyridine rings is 1. The average molecular weight is 309 g/mol. The molecular weight excluding hydrogens is 288 g/mol. The Hall–Kier alpha value is -1.59. The van der Waals surface area contributed by atoms with Crippen LogP contribution in [0.1, 0.15) is 44.2 Å². The van der Waals surface area contributed by atoms with E-state index in [9.17, 15) is 0 Å². The number of halogens is 1. The third-order valence-corrected chi connectivity index (χ3v) is 3.46. The van der Waals surface area contributed by atoms with E-state index in [1.54, 1.807) is 19.5 Å². The molecule has 0 amide bonds. The van der Waals surface area contributed by atoms with E-state index >= 15 is 0 Å². The molecule has 6 heteroatoms. The Labute approximate surface area is 130 Å². The highest BCUT2D eigenvalue weighted by atomic mass is 35.5. The van der Waals surface area contributed by atoms with E-state index in [2.05, 4.69) is 36.2 Å². The number of hydrogen-bond donors (Lipinski definition) is 1. The number of hydrogen-bond acceptors (Lipinski definition) is 4. The Balaban J connectivity index is 2.51. The number of nitrogens with zero attached hydrogens (tertiary/aromatic N) is 3. The number of ether oxygens (including phenoxy) is 1. The van der Waals surface area contributed by atoms with Crippen LogP contribution in [-0.2, 0) is 0 Å². The second kappa shape index (κ2) is 6.91. The molecule has 2 aromatic heterocycles. The highest BCUT2D eigenvalue weighted by Crippen LogP contribution is 2.31. The molecule has 0 radical (unpaired) electrons. The van der Waals surface area contributed by atoms with Crippen molar-refractivity contribution in [3.8, 4) is 5.75 Å². The lowest BCUT2D eigenvalue weighted by atomic mass is 10.1. The number of rotatable bonds is 6. The molecule has 2 heterocycles.